The van der Waals surface area contributed by atoms with Crippen molar-refractivity contribution in [2.75, 3.05) is 6.61 Å². The molecule has 0 aromatic rings. The van der Waals surface area contributed by atoms with Gasteiger partial charge < -0.3 is 40.1 Å². The number of amidine groups is 1. The highest BCUT2D eigenvalue weighted by atomic mass is 31.3. The summed E-state index contributed by atoms with van der Waals surface area (Å²) in [6.07, 6.45) is -11.5. The van der Waals surface area contributed by atoms with Gasteiger partial charge in [0.1, 0.15) is 24.1 Å². The molecule has 2 aliphatic heterocycles. The van der Waals surface area contributed by atoms with E-state index in [-0.39, 0.29) is 0 Å². The Morgan fingerprint density at radius 3 is 2.27 bits per heavy atom. The molecule has 0 bridgehead atoms. The minimum absolute atomic E-state index is 0.456. The van der Waals surface area contributed by atoms with Gasteiger partial charge in [0.15, 0.2) is 11.7 Å². The molecule has 7 N–H and O–H groups in total. The van der Waals surface area contributed by atoms with Gasteiger partial charge in [-0.15, -0.1) is 0 Å². The zero-order chi connectivity index (χ0) is 25.6. The molecular formula is C11H16F4N3O12P3. The molecule has 190 valence electrons. The molecule has 1 saturated heterocycles. The van der Waals surface area contributed by atoms with E-state index in [2.05, 4.69) is 24.7 Å². The van der Waals surface area contributed by atoms with Crippen molar-refractivity contribution in [2.24, 2.45) is 16.6 Å². The molecule has 0 saturated carbocycles. The standard InChI is InChI=1S/C11H16F4N3O12P3/c1-4-17-9(16)5(12)2-18(4)10-7(11(13,14)15)8(19)6(28-10)3-27-32(23,24)30-33(25,26)29-31(20,21)22/h2,6-8,10,19H,1,3H2,(H2,16,17)(H,23,24)(H,25,26)(H2,20,21,22)/t6-,7?,8+,10-/m1/s1. The molecular weight excluding hydrogens is 535 g/mol. The zero-order valence-corrected chi connectivity index (χ0v) is 18.4. The fourth-order valence-corrected chi connectivity index (χ4v) is 5.71. The number of phosphoric ester groups is 1. The van der Waals surface area contributed by atoms with Crippen molar-refractivity contribution in [1.82, 2.24) is 4.90 Å². The van der Waals surface area contributed by atoms with Crippen LogP contribution in [0.3, 0.4) is 0 Å². The van der Waals surface area contributed by atoms with Crippen LogP contribution >= 0.6 is 23.5 Å². The summed E-state index contributed by atoms with van der Waals surface area (Å²) >= 11 is 0. The minimum atomic E-state index is -5.89. The molecule has 0 amide bonds. The maximum absolute atomic E-state index is 13.7. The zero-order valence-electron chi connectivity index (χ0n) is 15.7. The number of nitrogens with two attached hydrogens (primary N) is 1. The average molecular weight is 551 g/mol. The molecule has 3 unspecified atom stereocenters. The fourth-order valence-electron chi connectivity index (χ4n) is 2.68. The number of phosphoric acid groups is 3. The smallest absolute Gasteiger partial charge is 0.389 e. The summed E-state index contributed by atoms with van der Waals surface area (Å²) in [5.74, 6) is -5.21. The van der Waals surface area contributed by atoms with Gasteiger partial charge >= 0.3 is 29.6 Å². The largest absolute Gasteiger partial charge is 0.490 e. The van der Waals surface area contributed by atoms with Crippen LogP contribution in [-0.4, -0.2) is 66.6 Å². The van der Waals surface area contributed by atoms with E-state index in [1.54, 1.807) is 0 Å². The van der Waals surface area contributed by atoms with E-state index in [0.717, 1.165) is 0 Å². The normalized spacial score (nSPS) is 30.5. The first kappa shape index (κ1) is 28.0. The Hall–Kier alpha value is -1.20. The Balaban J connectivity index is 2.18. The lowest BCUT2D eigenvalue weighted by Gasteiger charge is -2.33. The van der Waals surface area contributed by atoms with Gasteiger partial charge in [-0.25, -0.2) is 23.1 Å². The van der Waals surface area contributed by atoms with Gasteiger partial charge in [0.2, 0.25) is 0 Å². The van der Waals surface area contributed by atoms with E-state index >= 15 is 0 Å². The van der Waals surface area contributed by atoms with Crippen LogP contribution in [0.25, 0.3) is 0 Å². The first-order chi connectivity index (χ1) is 14.7. The summed E-state index contributed by atoms with van der Waals surface area (Å²) in [4.78, 5) is 39.2. The molecule has 0 aromatic carbocycles. The molecule has 0 aromatic heterocycles. The van der Waals surface area contributed by atoms with Gasteiger partial charge in [-0.1, -0.05) is 6.58 Å². The van der Waals surface area contributed by atoms with Gasteiger partial charge in [-0.3, -0.25) is 4.52 Å². The molecule has 0 spiro atoms. The molecule has 22 heteroatoms. The van der Waals surface area contributed by atoms with Crippen LogP contribution < -0.4 is 5.73 Å². The van der Waals surface area contributed by atoms with E-state index < -0.39 is 78.1 Å². The molecule has 0 radical (unpaired) electrons. The van der Waals surface area contributed by atoms with Crippen LogP contribution in [0.15, 0.2) is 29.4 Å². The second kappa shape index (κ2) is 9.45. The SMILES string of the molecule is C=C1N=C(N)C(F)=CN1[C@@H]1O[C@H](COP(=O)(O)OP(=O)(O)OP(=O)(O)O)[C@H](O)C1C(F)(F)F. The molecule has 1 fully saturated rings. The molecule has 2 heterocycles. The van der Waals surface area contributed by atoms with Crippen molar-refractivity contribution in [1.29, 1.82) is 0 Å². The van der Waals surface area contributed by atoms with E-state index in [4.69, 9.17) is 25.2 Å². The summed E-state index contributed by atoms with van der Waals surface area (Å²) in [5.41, 5.74) is 5.20. The van der Waals surface area contributed by atoms with Gasteiger partial charge in [0, 0.05) is 6.20 Å². The number of nitrogens with zero attached hydrogens (tertiary/aromatic N) is 2. The number of hydrogen-bond acceptors (Lipinski definition) is 11. The van der Waals surface area contributed by atoms with Crippen molar-refractivity contribution in [3.05, 3.63) is 24.4 Å². The Morgan fingerprint density at radius 2 is 1.76 bits per heavy atom. The van der Waals surface area contributed by atoms with Crippen LogP contribution in [0.5, 0.6) is 0 Å². The first-order valence-corrected chi connectivity index (χ1v) is 12.6. The lowest BCUT2D eigenvalue weighted by Crippen LogP contribution is -2.46. The van der Waals surface area contributed by atoms with Crippen LogP contribution in [0.4, 0.5) is 17.6 Å². The minimum Gasteiger partial charge on any atom is -0.389 e. The van der Waals surface area contributed by atoms with Crippen LogP contribution in [0.1, 0.15) is 0 Å². The fraction of sp³-hybridized carbons (Fsp3) is 0.545. The number of hydrogen-bond donors (Lipinski definition) is 6. The average Bonchev–Trinajstić information content (AvgIpc) is 2.89. The summed E-state index contributed by atoms with van der Waals surface area (Å²) in [7, 11) is -17.3. The maximum atomic E-state index is 13.7. The van der Waals surface area contributed by atoms with E-state index in [1.165, 1.54) is 0 Å². The molecule has 6 atom stereocenters. The van der Waals surface area contributed by atoms with Gasteiger partial charge in [-0.05, 0) is 0 Å². The Labute approximate surface area is 181 Å². The van der Waals surface area contributed by atoms with E-state index in [0.29, 0.717) is 11.1 Å². The van der Waals surface area contributed by atoms with Crippen molar-refractivity contribution in [3.8, 4) is 0 Å². The molecule has 2 rings (SSSR count). The maximum Gasteiger partial charge on any atom is 0.490 e. The van der Waals surface area contributed by atoms with Crippen molar-refractivity contribution in [2.45, 2.75) is 24.6 Å². The third kappa shape index (κ3) is 7.39. The molecule has 2 aliphatic rings. The topological polar surface area (TPSA) is 231 Å². The highest BCUT2D eigenvalue weighted by molar-refractivity contribution is 7.66. The Bertz CT molecular complexity index is 999. The summed E-state index contributed by atoms with van der Waals surface area (Å²) in [6.45, 7) is 1.91. The number of aliphatic hydroxyl groups is 1. The highest BCUT2D eigenvalue weighted by Crippen LogP contribution is 2.66. The summed E-state index contributed by atoms with van der Waals surface area (Å²) < 4.78 is 104. The second-order valence-corrected chi connectivity index (χ2v) is 10.7. The second-order valence-electron chi connectivity index (χ2n) is 6.31. The van der Waals surface area contributed by atoms with Crippen LogP contribution in [0.2, 0.25) is 0 Å². The predicted molar refractivity (Wildman–Crippen MR) is 95.8 cm³/mol. The Kier molecular flexibility index (Phi) is 8.03. The lowest BCUT2D eigenvalue weighted by atomic mass is 9.98. The number of aliphatic hydroxyl groups excluding tert-OH is 1. The van der Waals surface area contributed by atoms with E-state index in [9.17, 15) is 41.3 Å². The van der Waals surface area contributed by atoms with Gasteiger partial charge in [0.25, 0.3) is 0 Å². The van der Waals surface area contributed by atoms with Crippen molar-refractivity contribution in [3.63, 3.8) is 0 Å². The third-order valence-corrected chi connectivity index (χ3v) is 7.69. The number of alkyl halides is 3. The summed E-state index contributed by atoms with van der Waals surface area (Å²) in [5, 5.41) is 10.1. The van der Waals surface area contributed by atoms with E-state index in [1.807, 2.05) is 0 Å². The summed E-state index contributed by atoms with van der Waals surface area (Å²) in [6, 6.07) is 0. The monoisotopic (exact) mass is 551 g/mol. The number of ether oxygens (including phenoxy) is 1. The highest BCUT2D eigenvalue weighted by Gasteiger charge is 2.60. The Morgan fingerprint density at radius 1 is 1.18 bits per heavy atom. The van der Waals surface area contributed by atoms with Crippen LogP contribution in [0, 0.1) is 5.92 Å². The number of halogens is 4. The lowest BCUT2D eigenvalue weighted by molar-refractivity contribution is -0.213. The third-order valence-electron chi connectivity index (χ3n) is 3.88. The predicted octanol–water partition coefficient (Wildman–Crippen LogP) is 0.549. The molecule has 33 heavy (non-hydrogen) atoms. The quantitative estimate of drug-likeness (QED) is 0.179. The molecule has 15 nitrogen and oxygen atoms in total. The van der Waals surface area contributed by atoms with Gasteiger partial charge in [0.05, 0.1) is 12.7 Å². The number of aliphatic imine (C=N–C) groups is 1. The number of rotatable bonds is 8. The van der Waals surface area contributed by atoms with Crippen LogP contribution in [-0.2, 0) is 31.6 Å². The van der Waals surface area contributed by atoms with Crippen molar-refractivity contribution < 1.29 is 73.8 Å². The van der Waals surface area contributed by atoms with Gasteiger partial charge in [-0.2, -0.15) is 21.8 Å². The molecule has 0 aliphatic carbocycles. The first-order valence-electron chi connectivity index (χ1n) is 8.10. The van der Waals surface area contributed by atoms with Crippen molar-refractivity contribution >= 4 is 29.3 Å².